The Morgan fingerprint density at radius 3 is 2.55 bits per heavy atom. The first-order chi connectivity index (χ1) is 10.8. The van der Waals surface area contributed by atoms with Crippen LogP contribution in [0.15, 0.2) is 75.9 Å². The molecule has 4 aromatic rings. The largest absolute Gasteiger partial charge is 0.435 e. The van der Waals surface area contributed by atoms with Crippen LogP contribution in [0, 0.1) is 0 Å². The highest BCUT2D eigenvalue weighted by Gasteiger charge is 2.12. The predicted octanol–water partition coefficient (Wildman–Crippen LogP) is 5.32. The quantitative estimate of drug-likeness (QED) is 0.491. The van der Waals surface area contributed by atoms with E-state index < -0.39 is 0 Å². The van der Waals surface area contributed by atoms with Gasteiger partial charge >= 0.3 is 0 Å². The van der Waals surface area contributed by atoms with Gasteiger partial charge in [-0.2, -0.15) is 0 Å². The third kappa shape index (κ3) is 2.31. The molecule has 3 nitrogen and oxygen atoms in total. The Kier molecular flexibility index (Phi) is 3.24. The molecule has 0 amide bonds. The average molecular weight is 351 g/mol. The molecule has 0 N–H and O–H groups in total. The minimum atomic E-state index is 0.537. The Hall–Kier alpha value is -2.46. The van der Waals surface area contributed by atoms with Crippen molar-refractivity contribution in [1.82, 2.24) is 9.97 Å². The number of fused-ring (bicyclic) bond motifs is 1. The van der Waals surface area contributed by atoms with Crippen LogP contribution in [0.25, 0.3) is 33.7 Å². The van der Waals surface area contributed by atoms with E-state index in [0.29, 0.717) is 5.89 Å². The fraction of sp³-hybridized carbons (Fsp3) is 0. The van der Waals surface area contributed by atoms with Crippen LogP contribution in [-0.4, -0.2) is 9.97 Å². The van der Waals surface area contributed by atoms with Crippen molar-refractivity contribution in [2.24, 2.45) is 0 Å². The molecule has 0 radical (unpaired) electrons. The van der Waals surface area contributed by atoms with E-state index in [-0.39, 0.29) is 0 Å². The first-order valence-electron chi connectivity index (χ1n) is 6.87. The Morgan fingerprint density at radius 2 is 1.68 bits per heavy atom. The van der Waals surface area contributed by atoms with Crippen molar-refractivity contribution in [1.29, 1.82) is 0 Å². The number of benzene rings is 2. The van der Waals surface area contributed by atoms with E-state index >= 15 is 0 Å². The zero-order valence-electron chi connectivity index (χ0n) is 11.5. The Morgan fingerprint density at radius 1 is 0.864 bits per heavy atom. The smallest absolute Gasteiger partial charge is 0.246 e. The second kappa shape index (κ2) is 5.39. The zero-order chi connectivity index (χ0) is 14.9. The molecule has 0 aliphatic heterocycles. The monoisotopic (exact) mass is 350 g/mol. The molecule has 0 spiro atoms. The van der Waals surface area contributed by atoms with Crippen LogP contribution < -0.4 is 0 Å². The fourth-order valence-corrected chi connectivity index (χ4v) is 2.69. The topological polar surface area (TPSA) is 38.9 Å². The van der Waals surface area contributed by atoms with Gasteiger partial charge in [-0.05, 0) is 23.6 Å². The van der Waals surface area contributed by atoms with Gasteiger partial charge in [0, 0.05) is 21.6 Å². The molecule has 106 valence electrons. The molecule has 4 heteroatoms. The Bertz CT molecular complexity index is 939. The van der Waals surface area contributed by atoms with Crippen LogP contribution >= 0.6 is 15.9 Å². The number of hydrogen-bond acceptors (Lipinski definition) is 3. The summed E-state index contributed by atoms with van der Waals surface area (Å²) in [5.41, 5.74) is 1.75. The summed E-state index contributed by atoms with van der Waals surface area (Å²) in [6, 6.07) is 18.0. The molecule has 0 saturated heterocycles. The number of halogens is 1. The summed E-state index contributed by atoms with van der Waals surface area (Å²) in [7, 11) is 0. The van der Waals surface area contributed by atoms with Gasteiger partial charge in [0.1, 0.15) is 5.69 Å². The lowest BCUT2D eigenvalue weighted by Crippen LogP contribution is -1.85. The molecule has 22 heavy (non-hydrogen) atoms. The van der Waals surface area contributed by atoms with Crippen molar-refractivity contribution >= 4 is 26.7 Å². The summed E-state index contributed by atoms with van der Waals surface area (Å²) in [6.45, 7) is 0. The zero-order valence-corrected chi connectivity index (χ0v) is 13.1. The summed E-state index contributed by atoms with van der Waals surface area (Å²) in [4.78, 5) is 8.83. The molecule has 2 aromatic heterocycles. The molecule has 0 aliphatic carbocycles. The third-order valence-electron chi connectivity index (χ3n) is 3.51. The Labute approximate surface area is 135 Å². The highest BCUT2D eigenvalue weighted by atomic mass is 79.9. The number of pyridine rings is 1. The molecule has 0 aliphatic rings. The molecular formula is C18H11BrN2O. The minimum absolute atomic E-state index is 0.537. The molecule has 2 aromatic carbocycles. The maximum atomic E-state index is 5.91. The summed E-state index contributed by atoms with van der Waals surface area (Å²) in [5, 5.41) is 2.16. The van der Waals surface area contributed by atoms with Crippen LogP contribution in [0.4, 0.5) is 0 Å². The lowest BCUT2D eigenvalue weighted by Gasteiger charge is -2.01. The third-order valence-corrected chi connectivity index (χ3v) is 4.04. The van der Waals surface area contributed by atoms with Crippen molar-refractivity contribution < 1.29 is 4.42 Å². The first-order valence-corrected chi connectivity index (χ1v) is 7.66. The molecule has 0 atom stereocenters. The highest BCUT2D eigenvalue weighted by Crippen LogP contribution is 2.29. The number of oxazole rings is 1. The van der Waals surface area contributed by atoms with E-state index in [9.17, 15) is 0 Å². The van der Waals surface area contributed by atoms with Gasteiger partial charge in [-0.15, -0.1) is 0 Å². The fourth-order valence-electron chi connectivity index (χ4n) is 2.42. The van der Waals surface area contributed by atoms with Crippen LogP contribution in [0.3, 0.4) is 0 Å². The average Bonchev–Trinajstić information content (AvgIpc) is 3.05. The maximum Gasteiger partial charge on any atom is 0.246 e. The van der Waals surface area contributed by atoms with Gasteiger partial charge in [0.15, 0.2) is 5.76 Å². The van der Waals surface area contributed by atoms with Crippen LogP contribution in [0.2, 0.25) is 0 Å². The minimum Gasteiger partial charge on any atom is -0.435 e. The van der Waals surface area contributed by atoms with Gasteiger partial charge in [0.05, 0.1) is 6.20 Å². The van der Waals surface area contributed by atoms with E-state index in [1.807, 2.05) is 48.5 Å². The number of aromatic nitrogens is 2. The van der Waals surface area contributed by atoms with Gasteiger partial charge < -0.3 is 4.42 Å². The molecule has 0 bridgehead atoms. The van der Waals surface area contributed by atoms with Crippen molar-refractivity contribution in [3.8, 4) is 22.9 Å². The summed E-state index contributed by atoms with van der Waals surface area (Å²) >= 11 is 3.43. The second-order valence-electron chi connectivity index (χ2n) is 4.92. The lowest BCUT2D eigenvalue weighted by atomic mass is 10.1. The van der Waals surface area contributed by atoms with Gasteiger partial charge in [-0.1, -0.05) is 52.3 Å². The molecule has 0 saturated carbocycles. The lowest BCUT2D eigenvalue weighted by molar-refractivity contribution is 0.587. The van der Waals surface area contributed by atoms with E-state index in [0.717, 1.165) is 32.3 Å². The standard InChI is InChI=1S/C18H11BrN2O/c19-14-7-5-13(6-8-14)16-11-21-18(22-16)17-15-4-2-1-3-12(15)9-10-20-17/h1-11H. The van der Waals surface area contributed by atoms with E-state index in [1.165, 1.54) is 0 Å². The van der Waals surface area contributed by atoms with Gasteiger partial charge in [0.2, 0.25) is 5.89 Å². The number of rotatable bonds is 2. The van der Waals surface area contributed by atoms with Crippen molar-refractivity contribution in [2.75, 3.05) is 0 Å². The van der Waals surface area contributed by atoms with Crippen LogP contribution in [-0.2, 0) is 0 Å². The molecule has 0 unspecified atom stereocenters. The van der Waals surface area contributed by atoms with Crippen LogP contribution in [0.1, 0.15) is 0 Å². The van der Waals surface area contributed by atoms with E-state index in [4.69, 9.17) is 4.42 Å². The SMILES string of the molecule is Brc1ccc(-c2cnc(-c3nccc4ccccc34)o2)cc1. The molecule has 2 heterocycles. The molecular weight excluding hydrogens is 340 g/mol. The second-order valence-corrected chi connectivity index (χ2v) is 5.83. The molecule has 0 fully saturated rings. The van der Waals surface area contributed by atoms with Gasteiger partial charge in [0.25, 0.3) is 0 Å². The predicted molar refractivity (Wildman–Crippen MR) is 90.4 cm³/mol. The summed E-state index contributed by atoms with van der Waals surface area (Å²) in [6.07, 6.45) is 3.52. The van der Waals surface area contributed by atoms with E-state index in [2.05, 4.69) is 32.0 Å². The number of hydrogen-bond donors (Lipinski definition) is 0. The van der Waals surface area contributed by atoms with Gasteiger partial charge in [-0.25, -0.2) is 4.98 Å². The summed E-state index contributed by atoms with van der Waals surface area (Å²) < 4.78 is 6.95. The van der Waals surface area contributed by atoms with Gasteiger partial charge in [-0.3, -0.25) is 4.98 Å². The Balaban J connectivity index is 1.82. The summed E-state index contributed by atoms with van der Waals surface area (Å²) in [5.74, 6) is 1.27. The van der Waals surface area contributed by atoms with Crippen molar-refractivity contribution in [3.05, 3.63) is 71.5 Å². The first kappa shape index (κ1) is 13.2. The number of nitrogens with zero attached hydrogens (tertiary/aromatic N) is 2. The van der Waals surface area contributed by atoms with Crippen molar-refractivity contribution in [3.63, 3.8) is 0 Å². The van der Waals surface area contributed by atoms with E-state index in [1.54, 1.807) is 12.4 Å². The normalized spacial score (nSPS) is 11.0. The highest BCUT2D eigenvalue weighted by molar-refractivity contribution is 9.10. The maximum absolute atomic E-state index is 5.91. The van der Waals surface area contributed by atoms with Crippen LogP contribution in [0.5, 0.6) is 0 Å². The molecule has 4 rings (SSSR count). The van der Waals surface area contributed by atoms with Crippen molar-refractivity contribution in [2.45, 2.75) is 0 Å².